The van der Waals surface area contributed by atoms with Crippen LogP contribution in [0, 0.1) is 6.92 Å². The predicted molar refractivity (Wildman–Crippen MR) is 104 cm³/mol. The lowest BCUT2D eigenvalue weighted by atomic mass is 10.0. The molecule has 4 rings (SSSR count). The Bertz CT molecular complexity index is 1030. The Morgan fingerprint density at radius 2 is 2.11 bits per heavy atom. The van der Waals surface area contributed by atoms with E-state index in [1.165, 1.54) is 21.9 Å². The van der Waals surface area contributed by atoms with E-state index < -0.39 is 0 Å². The first kappa shape index (κ1) is 17.9. The van der Waals surface area contributed by atoms with Gasteiger partial charge in [0.15, 0.2) is 0 Å². The van der Waals surface area contributed by atoms with Gasteiger partial charge in [0, 0.05) is 29.4 Å². The molecule has 0 aliphatic carbocycles. The highest BCUT2D eigenvalue weighted by Crippen LogP contribution is 2.39. The fourth-order valence-electron chi connectivity index (χ4n) is 3.66. The molecule has 3 aromatic rings. The van der Waals surface area contributed by atoms with Crippen LogP contribution in [0.1, 0.15) is 35.1 Å². The molecular formula is C19H22N4O3S. The molecule has 1 aliphatic heterocycles. The highest BCUT2D eigenvalue weighted by molar-refractivity contribution is 7.16. The molecule has 7 nitrogen and oxygen atoms in total. The average molecular weight is 386 g/mol. The summed E-state index contributed by atoms with van der Waals surface area (Å²) >= 11 is 1.47. The number of methoxy groups -OCH3 is 2. The first-order valence-electron chi connectivity index (χ1n) is 8.91. The van der Waals surface area contributed by atoms with Gasteiger partial charge >= 0.3 is 0 Å². The third-order valence-corrected chi connectivity index (χ3v) is 5.81. The summed E-state index contributed by atoms with van der Waals surface area (Å²) in [5, 5.41) is 5.38. The van der Waals surface area contributed by atoms with Gasteiger partial charge in [0.1, 0.15) is 16.5 Å². The second-order valence-corrected chi connectivity index (χ2v) is 7.70. The van der Waals surface area contributed by atoms with Crippen LogP contribution < -0.4 is 15.0 Å². The van der Waals surface area contributed by atoms with Gasteiger partial charge in [-0.2, -0.15) is 9.61 Å². The normalized spacial score (nSPS) is 17.5. The molecule has 0 unspecified atom stereocenters. The number of rotatable bonds is 5. The molecule has 8 heteroatoms. The monoisotopic (exact) mass is 386 g/mol. The number of aromatic nitrogens is 3. The molecule has 0 N–H and O–H groups in total. The van der Waals surface area contributed by atoms with Crippen LogP contribution in [0.2, 0.25) is 0 Å². The van der Waals surface area contributed by atoms with Crippen molar-refractivity contribution in [3.05, 3.63) is 50.9 Å². The molecule has 2 aromatic heterocycles. The number of aryl methyl sites for hydroxylation is 1. The van der Waals surface area contributed by atoms with Gasteiger partial charge in [0.05, 0.1) is 20.8 Å². The van der Waals surface area contributed by atoms with Crippen molar-refractivity contribution in [1.82, 2.24) is 19.5 Å². The number of ether oxygens (including phenoxy) is 2. The summed E-state index contributed by atoms with van der Waals surface area (Å²) in [6, 6.07) is 7.74. The van der Waals surface area contributed by atoms with Crippen molar-refractivity contribution in [2.24, 2.45) is 0 Å². The van der Waals surface area contributed by atoms with Crippen molar-refractivity contribution in [3.8, 4) is 11.5 Å². The Labute approximate surface area is 161 Å². The fraction of sp³-hybridized carbons (Fsp3) is 0.421. The van der Waals surface area contributed by atoms with E-state index in [4.69, 9.17) is 9.47 Å². The molecule has 142 valence electrons. The lowest BCUT2D eigenvalue weighted by Crippen LogP contribution is -2.23. The minimum atomic E-state index is -0.130. The molecule has 3 heterocycles. The van der Waals surface area contributed by atoms with Gasteiger partial charge in [-0.3, -0.25) is 9.69 Å². The smallest absolute Gasteiger partial charge is 0.275 e. The highest BCUT2D eigenvalue weighted by Gasteiger charge is 2.29. The van der Waals surface area contributed by atoms with Crippen LogP contribution in [-0.4, -0.2) is 40.3 Å². The van der Waals surface area contributed by atoms with Gasteiger partial charge in [-0.15, -0.1) is 0 Å². The molecule has 1 aliphatic rings. The standard InChI is InChI=1S/C19H22N4O3S/c1-12-9-18(24)23-19(20-12)27-17(21-23)11-22-8-4-5-15(22)14-7-6-13(25-2)10-16(14)26-3/h6-7,9-10,15H,4-5,8,11H2,1-3H3/t15-/m0/s1. The minimum Gasteiger partial charge on any atom is -0.497 e. The van der Waals surface area contributed by atoms with Crippen molar-refractivity contribution >= 4 is 16.3 Å². The SMILES string of the molecule is COc1ccc([C@@H]2CCCN2Cc2nn3c(=O)cc(C)nc3s2)c(OC)c1. The van der Waals surface area contributed by atoms with E-state index in [1.807, 2.05) is 19.1 Å². The predicted octanol–water partition coefficient (Wildman–Crippen LogP) is 2.81. The van der Waals surface area contributed by atoms with E-state index >= 15 is 0 Å². The minimum absolute atomic E-state index is 0.130. The van der Waals surface area contributed by atoms with Gasteiger partial charge in [-0.05, 0) is 32.4 Å². The number of likely N-dealkylation sites (tertiary alicyclic amines) is 1. The van der Waals surface area contributed by atoms with Gasteiger partial charge < -0.3 is 9.47 Å². The summed E-state index contributed by atoms with van der Waals surface area (Å²) in [5.74, 6) is 1.62. The fourth-order valence-corrected chi connectivity index (χ4v) is 4.63. The van der Waals surface area contributed by atoms with Gasteiger partial charge in [0.25, 0.3) is 5.56 Å². The van der Waals surface area contributed by atoms with E-state index in [0.717, 1.165) is 47.2 Å². The first-order chi connectivity index (χ1) is 13.1. The molecule has 1 aromatic carbocycles. The van der Waals surface area contributed by atoms with E-state index in [0.29, 0.717) is 11.5 Å². The van der Waals surface area contributed by atoms with Crippen LogP contribution in [0.15, 0.2) is 29.1 Å². The summed E-state index contributed by atoms with van der Waals surface area (Å²) in [6.07, 6.45) is 2.17. The topological polar surface area (TPSA) is 69.0 Å². The quantitative estimate of drug-likeness (QED) is 0.672. The van der Waals surface area contributed by atoms with Crippen molar-refractivity contribution in [2.75, 3.05) is 20.8 Å². The molecule has 0 radical (unpaired) electrons. The lowest BCUT2D eigenvalue weighted by Gasteiger charge is -2.25. The highest BCUT2D eigenvalue weighted by atomic mass is 32.1. The zero-order valence-electron chi connectivity index (χ0n) is 15.6. The average Bonchev–Trinajstić information content (AvgIpc) is 3.28. The number of fused-ring (bicyclic) bond motifs is 1. The number of nitrogens with zero attached hydrogens (tertiary/aromatic N) is 4. The van der Waals surface area contributed by atoms with Crippen LogP contribution in [-0.2, 0) is 6.54 Å². The third-order valence-electron chi connectivity index (χ3n) is 4.92. The lowest BCUT2D eigenvalue weighted by molar-refractivity contribution is 0.241. The summed E-state index contributed by atoms with van der Waals surface area (Å²) in [5.41, 5.74) is 1.75. The largest absolute Gasteiger partial charge is 0.497 e. The van der Waals surface area contributed by atoms with Crippen LogP contribution in [0.4, 0.5) is 0 Å². The van der Waals surface area contributed by atoms with Crippen molar-refractivity contribution < 1.29 is 9.47 Å². The number of hydrogen-bond donors (Lipinski definition) is 0. The third kappa shape index (κ3) is 3.42. The van der Waals surface area contributed by atoms with Gasteiger partial charge in [0.2, 0.25) is 4.96 Å². The van der Waals surface area contributed by atoms with Crippen LogP contribution in [0.25, 0.3) is 4.96 Å². The number of benzene rings is 1. The van der Waals surface area contributed by atoms with E-state index in [-0.39, 0.29) is 11.6 Å². The van der Waals surface area contributed by atoms with Crippen LogP contribution >= 0.6 is 11.3 Å². The van der Waals surface area contributed by atoms with Gasteiger partial charge in [-0.25, -0.2) is 4.98 Å². The van der Waals surface area contributed by atoms with E-state index in [9.17, 15) is 4.79 Å². The zero-order chi connectivity index (χ0) is 19.0. The summed E-state index contributed by atoms with van der Waals surface area (Å²) < 4.78 is 12.3. The maximum Gasteiger partial charge on any atom is 0.275 e. The van der Waals surface area contributed by atoms with Gasteiger partial charge in [-0.1, -0.05) is 17.4 Å². The second kappa shape index (κ2) is 7.28. The van der Waals surface area contributed by atoms with Crippen LogP contribution in [0.3, 0.4) is 0 Å². The Balaban J connectivity index is 1.63. The molecule has 1 saturated heterocycles. The molecule has 1 atom stereocenters. The molecular weight excluding hydrogens is 364 g/mol. The Morgan fingerprint density at radius 3 is 2.89 bits per heavy atom. The van der Waals surface area contributed by atoms with E-state index in [2.05, 4.69) is 21.0 Å². The molecule has 0 spiro atoms. The summed E-state index contributed by atoms with van der Waals surface area (Å²) in [7, 11) is 3.34. The van der Waals surface area contributed by atoms with Crippen LogP contribution in [0.5, 0.6) is 11.5 Å². The molecule has 1 fully saturated rings. The maximum absolute atomic E-state index is 12.1. The van der Waals surface area contributed by atoms with E-state index in [1.54, 1.807) is 14.2 Å². The Morgan fingerprint density at radius 1 is 1.26 bits per heavy atom. The van der Waals surface area contributed by atoms with Crippen molar-refractivity contribution in [2.45, 2.75) is 32.4 Å². The Kier molecular flexibility index (Phi) is 4.84. The van der Waals surface area contributed by atoms with Crippen molar-refractivity contribution in [1.29, 1.82) is 0 Å². The number of hydrogen-bond acceptors (Lipinski definition) is 7. The maximum atomic E-state index is 12.1. The van der Waals surface area contributed by atoms with Crippen molar-refractivity contribution in [3.63, 3.8) is 0 Å². The first-order valence-corrected chi connectivity index (χ1v) is 9.73. The molecule has 0 bridgehead atoms. The summed E-state index contributed by atoms with van der Waals surface area (Å²) in [6.45, 7) is 3.50. The second-order valence-electron chi connectivity index (χ2n) is 6.66. The molecule has 27 heavy (non-hydrogen) atoms. The molecule has 0 amide bonds. The molecule has 0 saturated carbocycles. The Hall–Kier alpha value is -2.45. The summed E-state index contributed by atoms with van der Waals surface area (Å²) in [4.78, 5) is 19.6. The zero-order valence-corrected chi connectivity index (χ0v) is 16.5.